The number of anilines is 3. The second kappa shape index (κ2) is 13.7. The van der Waals surface area contributed by atoms with Crippen LogP contribution in [-0.4, -0.2) is 0 Å². The van der Waals surface area contributed by atoms with Gasteiger partial charge < -0.3 is 4.90 Å². The summed E-state index contributed by atoms with van der Waals surface area (Å²) in [7, 11) is 0. The van der Waals surface area contributed by atoms with Crippen molar-refractivity contribution in [3.05, 3.63) is 212 Å². The van der Waals surface area contributed by atoms with Gasteiger partial charge in [0, 0.05) is 22.5 Å². The van der Waals surface area contributed by atoms with Crippen molar-refractivity contribution in [2.24, 2.45) is 0 Å². The summed E-state index contributed by atoms with van der Waals surface area (Å²) < 4.78 is 0. The summed E-state index contributed by atoms with van der Waals surface area (Å²) in [5.74, 6) is 0. The third kappa shape index (κ3) is 5.95. The Kier molecular flexibility index (Phi) is 8.39. The standard InChI is InChI=1S/C48H35N/c1-5-20-36(21-6-1)40-28-13-14-29-42(40)43-30-15-16-31-44(43)45-32-17-18-33-46(45)47-35-19-34-41(37-22-7-2-8-23-37)48(47)49(38-24-9-3-10-25-38)39-26-11-4-12-27-39/h1-35H. The van der Waals surface area contributed by atoms with Gasteiger partial charge in [-0.15, -0.1) is 0 Å². The van der Waals surface area contributed by atoms with Gasteiger partial charge in [-0.3, -0.25) is 0 Å². The molecule has 1 heteroatoms. The van der Waals surface area contributed by atoms with Gasteiger partial charge in [-0.1, -0.05) is 188 Å². The lowest BCUT2D eigenvalue weighted by atomic mass is 9.85. The molecule has 0 fully saturated rings. The summed E-state index contributed by atoms with van der Waals surface area (Å²) in [5.41, 5.74) is 15.3. The molecule has 0 aromatic heterocycles. The average Bonchev–Trinajstić information content (AvgIpc) is 3.20. The highest BCUT2D eigenvalue weighted by Gasteiger charge is 2.23. The van der Waals surface area contributed by atoms with Crippen LogP contribution in [0.15, 0.2) is 212 Å². The van der Waals surface area contributed by atoms with E-state index in [2.05, 4.69) is 217 Å². The molecule has 0 heterocycles. The van der Waals surface area contributed by atoms with E-state index in [4.69, 9.17) is 0 Å². The molecule has 0 saturated heterocycles. The number of benzene rings is 8. The topological polar surface area (TPSA) is 3.24 Å². The van der Waals surface area contributed by atoms with Crippen molar-refractivity contribution in [1.29, 1.82) is 0 Å². The zero-order chi connectivity index (χ0) is 32.8. The minimum Gasteiger partial charge on any atom is -0.309 e. The number of hydrogen-bond donors (Lipinski definition) is 0. The van der Waals surface area contributed by atoms with Gasteiger partial charge in [0.05, 0.1) is 5.69 Å². The molecule has 8 aromatic carbocycles. The minimum absolute atomic E-state index is 1.10. The van der Waals surface area contributed by atoms with Crippen LogP contribution in [0.25, 0.3) is 55.6 Å². The van der Waals surface area contributed by atoms with E-state index in [0.717, 1.165) is 22.6 Å². The first-order valence-electron chi connectivity index (χ1n) is 16.8. The summed E-state index contributed by atoms with van der Waals surface area (Å²) in [6.45, 7) is 0. The maximum atomic E-state index is 2.41. The molecule has 0 atom stereocenters. The van der Waals surface area contributed by atoms with Crippen molar-refractivity contribution in [3.8, 4) is 55.6 Å². The van der Waals surface area contributed by atoms with Gasteiger partial charge in [0.2, 0.25) is 0 Å². The van der Waals surface area contributed by atoms with Gasteiger partial charge in [-0.05, 0) is 68.8 Å². The lowest BCUT2D eigenvalue weighted by Gasteiger charge is -2.31. The number of hydrogen-bond acceptors (Lipinski definition) is 1. The number of nitrogens with zero attached hydrogens (tertiary/aromatic N) is 1. The first-order valence-corrected chi connectivity index (χ1v) is 16.8. The summed E-state index contributed by atoms with van der Waals surface area (Å²) in [6, 6.07) is 76.0. The molecule has 0 bridgehead atoms. The third-order valence-corrected chi connectivity index (χ3v) is 9.11. The normalized spacial score (nSPS) is 10.9. The van der Waals surface area contributed by atoms with E-state index in [1.54, 1.807) is 0 Å². The van der Waals surface area contributed by atoms with Crippen molar-refractivity contribution in [1.82, 2.24) is 0 Å². The molecular formula is C48H35N. The molecule has 8 aromatic rings. The smallest absolute Gasteiger partial charge is 0.0618 e. The highest BCUT2D eigenvalue weighted by atomic mass is 15.1. The molecule has 0 amide bonds. The molecule has 8 rings (SSSR count). The Morgan fingerprint density at radius 2 is 0.490 bits per heavy atom. The lowest BCUT2D eigenvalue weighted by Crippen LogP contribution is -2.12. The van der Waals surface area contributed by atoms with Gasteiger partial charge in [0.15, 0.2) is 0 Å². The number of para-hydroxylation sites is 3. The lowest BCUT2D eigenvalue weighted by molar-refractivity contribution is 1.28. The summed E-state index contributed by atoms with van der Waals surface area (Å²) in [4.78, 5) is 2.41. The van der Waals surface area contributed by atoms with Crippen LogP contribution in [0.3, 0.4) is 0 Å². The molecule has 0 N–H and O–H groups in total. The van der Waals surface area contributed by atoms with E-state index < -0.39 is 0 Å². The molecular weight excluding hydrogens is 591 g/mol. The van der Waals surface area contributed by atoms with Crippen molar-refractivity contribution < 1.29 is 0 Å². The SMILES string of the molecule is c1ccc(-c2ccccc2-c2ccccc2-c2ccccc2-c2cccc(-c3ccccc3)c2N(c2ccccc2)c2ccccc2)cc1. The molecule has 0 aliphatic rings. The third-order valence-electron chi connectivity index (χ3n) is 9.11. The van der Waals surface area contributed by atoms with Crippen LogP contribution >= 0.6 is 0 Å². The molecule has 232 valence electrons. The summed E-state index contributed by atoms with van der Waals surface area (Å²) >= 11 is 0. The highest BCUT2D eigenvalue weighted by Crippen LogP contribution is 2.49. The monoisotopic (exact) mass is 625 g/mol. The molecule has 0 spiro atoms. The van der Waals surface area contributed by atoms with Crippen LogP contribution in [0.5, 0.6) is 0 Å². The van der Waals surface area contributed by atoms with E-state index in [9.17, 15) is 0 Å². The Labute approximate surface area is 289 Å². The predicted molar refractivity (Wildman–Crippen MR) is 208 cm³/mol. The first-order chi connectivity index (χ1) is 24.4. The Morgan fingerprint density at radius 1 is 0.204 bits per heavy atom. The summed E-state index contributed by atoms with van der Waals surface area (Å²) in [6.07, 6.45) is 0. The van der Waals surface area contributed by atoms with Crippen LogP contribution in [0.1, 0.15) is 0 Å². The molecule has 0 unspecified atom stereocenters. The van der Waals surface area contributed by atoms with Crippen LogP contribution < -0.4 is 4.90 Å². The largest absolute Gasteiger partial charge is 0.309 e. The fourth-order valence-electron chi connectivity index (χ4n) is 6.91. The first kappa shape index (κ1) is 29.9. The molecule has 1 nitrogen and oxygen atoms in total. The van der Waals surface area contributed by atoms with Crippen molar-refractivity contribution in [2.75, 3.05) is 4.90 Å². The van der Waals surface area contributed by atoms with Gasteiger partial charge >= 0.3 is 0 Å². The van der Waals surface area contributed by atoms with Gasteiger partial charge in [0.25, 0.3) is 0 Å². The summed E-state index contributed by atoms with van der Waals surface area (Å²) in [5, 5.41) is 0. The van der Waals surface area contributed by atoms with Crippen molar-refractivity contribution in [2.45, 2.75) is 0 Å². The molecule has 0 saturated carbocycles. The molecule has 0 aliphatic carbocycles. The van der Waals surface area contributed by atoms with Crippen molar-refractivity contribution in [3.63, 3.8) is 0 Å². The molecule has 49 heavy (non-hydrogen) atoms. The number of rotatable bonds is 8. The Morgan fingerprint density at radius 3 is 0.939 bits per heavy atom. The van der Waals surface area contributed by atoms with E-state index in [1.807, 2.05) is 0 Å². The van der Waals surface area contributed by atoms with Crippen LogP contribution in [0, 0.1) is 0 Å². The predicted octanol–water partition coefficient (Wildman–Crippen LogP) is 13.5. The average molecular weight is 626 g/mol. The molecule has 0 radical (unpaired) electrons. The Balaban J connectivity index is 1.40. The van der Waals surface area contributed by atoms with Crippen molar-refractivity contribution >= 4 is 17.1 Å². The van der Waals surface area contributed by atoms with E-state index in [1.165, 1.54) is 50.1 Å². The van der Waals surface area contributed by atoms with Crippen LogP contribution in [-0.2, 0) is 0 Å². The maximum Gasteiger partial charge on any atom is 0.0618 e. The van der Waals surface area contributed by atoms with Gasteiger partial charge in [-0.25, -0.2) is 0 Å². The fraction of sp³-hybridized carbons (Fsp3) is 0. The zero-order valence-electron chi connectivity index (χ0n) is 27.2. The fourth-order valence-corrected chi connectivity index (χ4v) is 6.91. The Hall–Kier alpha value is -6.44. The van der Waals surface area contributed by atoms with Gasteiger partial charge in [-0.2, -0.15) is 0 Å². The second-order valence-corrected chi connectivity index (χ2v) is 12.1. The maximum absolute atomic E-state index is 2.41. The highest BCUT2D eigenvalue weighted by molar-refractivity contribution is 6.02. The van der Waals surface area contributed by atoms with E-state index >= 15 is 0 Å². The van der Waals surface area contributed by atoms with Gasteiger partial charge in [0.1, 0.15) is 0 Å². The van der Waals surface area contributed by atoms with E-state index in [0.29, 0.717) is 0 Å². The quantitative estimate of drug-likeness (QED) is 0.162. The minimum atomic E-state index is 1.10. The van der Waals surface area contributed by atoms with E-state index in [-0.39, 0.29) is 0 Å². The van der Waals surface area contributed by atoms with Crippen LogP contribution in [0.2, 0.25) is 0 Å². The second-order valence-electron chi connectivity index (χ2n) is 12.1. The zero-order valence-corrected chi connectivity index (χ0v) is 27.2. The van der Waals surface area contributed by atoms with Crippen LogP contribution in [0.4, 0.5) is 17.1 Å². The Bertz CT molecular complexity index is 2270. The molecule has 0 aliphatic heterocycles.